The first-order valence-corrected chi connectivity index (χ1v) is 9.19. The summed E-state index contributed by atoms with van der Waals surface area (Å²) in [4.78, 5) is 0. The van der Waals surface area contributed by atoms with E-state index >= 15 is 0 Å². The lowest BCUT2D eigenvalue weighted by molar-refractivity contribution is 0.232. The first-order valence-electron chi connectivity index (χ1n) is 6.29. The SMILES string of the molecule is CC1(C)[C@H](CO)[C@H]1CO[Si](C)(C)C(C)(C)C. The first kappa shape index (κ1) is 14.2. The van der Waals surface area contributed by atoms with E-state index in [9.17, 15) is 5.11 Å². The third-order valence-corrected chi connectivity index (χ3v) is 9.42. The fraction of sp³-hybridized carbons (Fsp3) is 1.00. The largest absolute Gasteiger partial charge is 0.417 e. The molecule has 0 amide bonds. The van der Waals surface area contributed by atoms with Gasteiger partial charge in [-0.3, -0.25) is 0 Å². The van der Waals surface area contributed by atoms with Gasteiger partial charge in [0.1, 0.15) is 0 Å². The van der Waals surface area contributed by atoms with Gasteiger partial charge in [0, 0.05) is 13.2 Å². The van der Waals surface area contributed by atoms with Crippen molar-refractivity contribution in [3.05, 3.63) is 0 Å². The zero-order chi connectivity index (χ0) is 12.8. The van der Waals surface area contributed by atoms with Crippen LogP contribution < -0.4 is 0 Å². The molecule has 0 aromatic carbocycles. The van der Waals surface area contributed by atoms with Crippen LogP contribution in [0.4, 0.5) is 0 Å². The van der Waals surface area contributed by atoms with E-state index in [-0.39, 0.29) is 10.5 Å². The van der Waals surface area contributed by atoms with Gasteiger partial charge in [0.05, 0.1) is 0 Å². The van der Waals surface area contributed by atoms with E-state index in [0.717, 1.165) is 6.61 Å². The molecule has 1 rings (SSSR count). The fourth-order valence-electron chi connectivity index (χ4n) is 2.07. The number of hydrogen-bond donors (Lipinski definition) is 1. The lowest BCUT2D eigenvalue weighted by atomic mass is 10.1. The van der Waals surface area contributed by atoms with E-state index < -0.39 is 8.32 Å². The van der Waals surface area contributed by atoms with E-state index in [1.54, 1.807) is 0 Å². The molecule has 16 heavy (non-hydrogen) atoms. The summed E-state index contributed by atoms with van der Waals surface area (Å²) in [6, 6.07) is 0. The van der Waals surface area contributed by atoms with Gasteiger partial charge in [-0.2, -0.15) is 0 Å². The highest BCUT2D eigenvalue weighted by Gasteiger charge is 2.57. The molecule has 1 aliphatic carbocycles. The summed E-state index contributed by atoms with van der Waals surface area (Å²) in [6.07, 6.45) is 0. The molecule has 0 aromatic rings. The Morgan fingerprint density at radius 3 is 2.00 bits per heavy atom. The third-order valence-electron chi connectivity index (χ3n) is 4.91. The second-order valence-corrected chi connectivity index (χ2v) is 12.1. The minimum atomic E-state index is -1.61. The zero-order valence-electron chi connectivity index (χ0n) is 11.9. The maximum Gasteiger partial charge on any atom is 0.191 e. The van der Waals surface area contributed by atoms with Crippen LogP contribution in [0.5, 0.6) is 0 Å². The predicted molar refractivity (Wildman–Crippen MR) is 71.0 cm³/mol. The zero-order valence-corrected chi connectivity index (χ0v) is 12.9. The van der Waals surface area contributed by atoms with Gasteiger partial charge in [-0.05, 0) is 35.4 Å². The Morgan fingerprint density at radius 2 is 1.69 bits per heavy atom. The van der Waals surface area contributed by atoms with Crippen LogP contribution >= 0.6 is 0 Å². The normalized spacial score (nSPS) is 29.2. The standard InChI is InChI=1S/C13H28O2Si/c1-12(2,3)16(6,7)15-9-11-10(8-14)13(11,4)5/h10-11,14H,8-9H2,1-7H3/t10-,11-/m1/s1. The molecule has 1 saturated carbocycles. The van der Waals surface area contributed by atoms with Crippen molar-refractivity contribution >= 4 is 8.32 Å². The van der Waals surface area contributed by atoms with Crippen molar-refractivity contribution < 1.29 is 9.53 Å². The van der Waals surface area contributed by atoms with E-state index in [4.69, 9.17) is 4.43 Å². The maximum atomic E-state index is 9.26. The average Bonchev–Trinajstić information content (AvgIpc) is 2.61. The number of rotatable bonds is 4. The highest BCUT2D eigenvalue weighted by molar-refractivity contribution is 6.74. The monoisotopic (exact) mass is 244 g/mol. The van der Waals surface area contributed by atoms with Gasteiger partial charge in [0.15, 0.2) is 8.32 Å². The van der Waals surface area contributed by atoms with Crippen LogP contribution in [-0.4, -0.2) is 26.6 Å². The molecule has 1 fully saturated rings. The van der Waals surface area contributed by atoms with Gasteiger partial charge in [0.25, 0.3) is 0 Å². The van der Waals surface area contributed by atoms with Crippen molar-refractivity contribution in [2.24, 2.45) is 17.3 Å². The highest BCUT2D eigenvalue weighted by Crippen LogP contribution is 2.58. The Balaban J connectivity index is 2.48. The van der Waals surface area contributed by atoms with E-state index in [2.05, 4.69) is 47.7 Å². The Labute approximate surface area is 102 Å². The fourth-order valence-corrected chi connectivity index (χ4v) is 3.09. The molecular formula is C13H28O2Si. The summed E-state index contributed by atoms with van der Waals surface area (Å²) in [7, 11) is -1.61. The minimum Gasteiger partial charge on any atom is -0.417 e. The number of aliphatic hydroxyl groups excluding tert-OH is 1. The summed E-state index contributed by atoms with van der Waals surface area (Å²) >= 11 is 0. The van der Waals surface area contributed by atoms with Crippen molar-refractivity contribution in [2.45, 2.75) is 52.8 Å². The molecule has 0 heterocycles. The second kappa shape index (κ2) is 4.11. The van der Waals surface area contributed by atoms with Crippen LogP contribution in [-0.2, 0) is 4.43 Å². The van der Waals surface area contributed by atoms with Crippen LogP contribution in [0.25, 0.3) is 0 Å². The summed E-state index contributed by atoms with van der Waals surface area (Å²) in [5.74, 6) is 0.990. The Hall–Kier alpha value is 0.137. The molecule has 0 aromatic heterocycles. The molecule has 0 unspecified atom stereocenters. The minimum absolute atomic E-state index is 0.275. The molecule has 96 valence electrons. The lowest BCUT2D eigenvalue weighted by Gasteiger charge is -2.36. The molecule has 1 aliphatic rings. The second-order valence-electron chi connectivity index (χ2n) is 7.29. The highest BCUT2D eigenvalue weighted by atomic mass is 28.4. The van der Waals surface area contributed by atoms with Gasteiger partial charge >= 0.3 is 0 Å². The Kier molecular flexibility index (Phi) is 3.65. The molecule has 3 heteroatoms. The molecule has 0 saturated heterocycles. The average molecular weight is 244 g/mol. The van der Waals surface area contributed by atoms with Crippen molar-refractivity contribution in [3.63, 3.8) is 0 Å². The van der Waals surface area contributed by atoms with E-state index in [0.29, 0.717) is 18.4 Å². The summed E-state index contributed by atoms with van der Waals surface area (Å²) in [5.41, 5.74) is 0.275. The lowest BCUT2D eigenvalue weighted by Crippen LogP contribution is -2.41. The van der Waals surface area contributed by atoms with Crippen molar-refractivity contribution in [2.75, 3.05) is 13.2 Å². The molecule has 1 N–H and O–H groups in total. The maximum absolute atomic E-state index is 9.26. The van der Waals surface area contributed by atoms with Gasteiger partial charge in [-0.1, -0.05) is 34.6 Å². The van der Waals surface area contributed by atoms with Crippen LogP contribution in [0.2, 0.25) is 18.1 Å². The van der Waals surface area contributed by atoms with Gasteiger partial charge in [0.2, 0.25) is 0 Å². The topological polar surface area (TPSA) is 29.5 Å². The van der Waals surface area contributed by atoms with E-state index in [1.807, 2.05) is 0 Å². The van der Waals surface area contributed by atoms with Crippen molar-refractivity contribution in [1.29, 1.82) is 0 Å². The first-order chi connectivity index (χ1) is 7.04. The summed E-state index contributed by atoms with van der Waals surface area (Å²) in [6.45, 7) is 17.0. The number of aliphatic hydroxyl groups is 1. The van der Waals surface area contributed by atoms with Crippen molar-refractivity contribution in [3.8, 4) is 0 Å². The van der Waals surface area contributed by atoms with Gasteiger partial charge in [-0.25, -0.2) is 0 Å². The molecule has 2 atom stereocenters. The summed E-state index contributed by atoms with van der Waals surface area (Å²) in [5, 5.41) is 9.54. The smallest absolute Gasteiger partial charge is 0.191 e. The third kappa shape index (κ3) is 2.52. The van der Waals surface area contributed by atoms with Gasteiger partial charge < -0.3 is 9.53 Å². The number of hydrogen-bond acceptors (Lipinski definition) is 2. The molecule has 2 nitrogen and oxygen atoms in total. The molecule has 0 radical (unpaired) electrons. The molecule has 0 aliphatic heterocycles. The van der Waals surface area contributed by atoms with Crippen molar-refractivity contribution in [1.82, 2.24) is 0 Å². The quantitative estimate of drug-likeness (QED) is 0.769. The van der Waals surface area contributed by atoms with E-state index in [1.165, 1.54) is 0 Å². The van der Waals surface area contributed by atoms with Crippen LogP contribution in [0.15, 0.2) is 0 Å². The van der Waals surface area contributed by atoms with Gasteiger partial charge in [-0.15, -0.1) is 0 Å². The molecule has 0 spiro atoms. The van der Waals surface area contributed by atoms with Crippen LogP contribution in [0.3, 0.4) is 0 Å². The van der Waals surface area contributed by atoms with Crippen LogP contribution in [0.1, 0.15) is 34.6 Å². The summed E-state index contributed by atoms with van der Waals surface area (Å²) < 4.78 is 6.21. The van der Waals surface area contributed by atoms with Crippen LogP contribution in [0, 0.1) is 17.3 Å². The predicted octanol–water partition coefficient (Wildman–Crippen LogP) is 3.27. The Bertz CT molecular complexity index is 253. The Morgan fingerprint density at radius 1 is 1.19 bits per heavy atom. The molecular weight excluding hydrogens is 216 g/mol. The molecule has 0 bridgehead atoms.